The lowest BCUT2D eigenvalue weighted by atomic mass is 9.92. The van der Waals surface area contributed by atoms with Crippen LogP contribution in [0.25, 0.3) is 0 Å². The first-order chi connectivity index (χ1) is 15.7. The minimum absolute atomic E-state index is 0.0921. The van der Waals surface area contributed by atoms with Crippen LogP contribution in [0.3, 0.4) is 0 Å². The third-order valence-corrected chi connectivity index (χ3v) is 6.40. The van der Waals surface area contributed by atoms with E-state index in [-0.39, 0.29) is 37.1 Å². The minimum atomic E-state index is -2.60. The molecule has 2 heterocycles. The van der Waals surface area contributed by atoms with Gasteiger partial charge >= 0.3 is 6.03 Å². The van der Waals surface area contributed by atoms with Crippen molar-refractivity contribution in [1.29, 1.82) is 0 Å². The first-order valence-corrected chi connectivity index (χ1v) is 11.2. The van der Waals surface area contributed by atoms with Crippen molar-refractivity contribution in [3.8, 4) is 0 Å². The van der Waals surface area contributed by atoms with Crippen LogP contribution < -0.4 is 10.6 Å². The van der Waals surface area contributed by atoms with Gasteiger partial charge in [0.05, 0.1) is 29.9 Å². The summed E-state index contributed by atoms with van der Waals surface area (Å²) in [4.78, 5) is 23.2. The quantitative estimate of drug-likeness (QED) is 0.596. The highest BCUT2D eigenvalue weighted by Crippen LogP contribution is 2.34. The van der Waals surface area contributed by atoms with Gasteiger partial charge in [0.1, 0.15) is 5.82 Å². The number of rotatable bonds is 5. The number of aliphatic hydroxyl groups excluding tert-OH is 1. The molecule has 1 aromatic carbocycles. The van der Waals surface area contributed by atoms with E-state index in [2.05, 4.69) is 20.6 Å². The number of hydrogen-bond acceptors (Lipinski definition) is 5. The van der Waals surface area contributed by atoms with E-state index >= 15 is 0 Å². The van der Waals surface area contributed by atoms with Crippen molar-refractivity contribution in [2.75, 3.05) is 18.5 Å². The summed E-state index contributed by atoms with van der Waals surface area (Å²) in [5, 5.41) is 15.5. The molecular formula is C22H25ClF3N5O2. The Balaban J connectivity index is 1.39. The lowest BCUT2D eigenvalue weighted by molar-refractivity contribution is -0.0361. The average Bonchev–Trinajstić information content (AvgIpc) is 2.80. The molecule has 33 heavy (non-hydrogen) atoms. The number of aliphatic hydroxyl groups is 1. The Morgan fingerprint density at radius 3 is 2.79 bits per heavy atom. The molecule has 1 aromatic heterocycles. The van der Waals surface area contributed by atoms with Crippen LogP contribution in [-0.4, -0.2) is 51.1 Å². The van der Waals surface area contributed by atoms with Gasteiger partial charge in [-0.1, -0.05) is 17.7 Å². The SMILES string of the molecule is O=C(NC(CO)c1ccc(F)c(Cl)c1)N1CCc2cnc(NC3CCC(F)(F)CC3)nc2C1. The van der Waals surface area contributed by atoms with E-state index in [9.17, 15) is 23.1 Å². The van der Waals surface area contributed by atoms with E-state index < -0.39 is 23.8 Å². The van der Waals surface area contributed by atoms with Gasteiger partial charge in [-0.25, -0.2) is 27.9 Å². The van der Waals surface area contributed by atoms with Crippen LogP contribution in [0, 0.1) is 5.82 Å². The Labute approximate surface area is 194 Å². The monoisotopic (exact) mass is 483 g/mol. The van der Waals surface area contributed by atoms with E-state index in [1.165, 1.54) is 18.2 Å². The van der Waals surface area contributed by atoms with Gasteiger partial charge in [-0.15, -0.1) is 0 Å². The first kappa shape index (κ1) is 23.6. The molecule has 178 valence electrons. The molecule has 0 bridgehead atoms. The van der Waals surface area contributed by atoms with E-state index in [0.29, 0.717) is 43.0 Å². The second-order valence-corrected chi connectivity index (χ2v) is 8.88. The Kier molecular flexibility index (Phi) is 6.94. The maximum absolute atomic E-state index is 13.4. The molecule has 0 spiro atoms. The highest BCUT2D eigenvalue weighted by molar-refractivity contribution is 6.30. The number of fused-ring (bicyclic) bond motifs is 1. The van der Waals surface area contributed by atoms with Gasteiger partial charge in [-0.3, -0.25) is 0 Å². The zero-order valence-electron chi connectivity index (χ0n) is 17.8. The number of amides is 2. The lowest BCUT2D eigenvalue weighted by Crippen LogP contribution is -2.45. The normalized spacial score (nSPS) is 19.0. The summed E-state index contributed by atoms with van der Waals surface area (Å²) in [5.41, 5.74) is 2.09. The molecule has 3 N–H and O–H groups in total. The summed E-state index contributed by atoms with van der Waals surface area (Å²) >= 11 is 5.82. The van der Waals surface area contributed by atoms with Gasteiger partial charge in [0.15, 0.2) is 0 Å². The molecule has 0 saturated heterocycles. The molecule has 1 atom stereocenters. The Bertz CT molecular complexity index is 1020. The van der Waals surface area contributed by atoms with Crippen molar-refractivity contribution in [3.05, 3.63) is 52.1 Å². The van der Waals surface area contributed by atoms with Crippen LogP contribution >= 0.6 is 11.6 Å². The molecule has 1 fully saturated rings. The average molecular weight is 484 g/mol. The predicted octanol–water partition coefficient (Wildman–Crippen LogP) is 4.06. The maximum Gasteiger partial charge on any atom is 0.318 e. The number of carbonyl (C=O) groups is 1. The van der Waals surface area contributed by atoms with Gasteiger partial charge in [0, 0.05) is 31.6 Å². The minimum Gasteiger partial charge on any atom is -0.394 e. The first-order valence-electron chi connectivity index (χ1n) is 10.8. The molecule has 2 aromatic rings. The Morgan fingerprint density at radius 1 is 1.33 bits per heavy atom. The molecule has 2 aliphatic rings. The molecular weight excluding hydrogens is 459 g/mol. The number of benzene rings is 1. The predicted molar refractivity (Wildman–Crippen MR) is 117 cm³/mol. The summed E-state index contributed by atoms with van der Waals surface area (Å²) in [5.74, 6) is -2.82. The number of halogens is 4. The topological polar surface area (TPSA) is 90.4 Å². The molecule has 1 aliphatic heterocycles. The molecule has 4 rings (SSSR count). The largest absolute Gasteiger partial charge is 0.394 e. The molecule has 11 heteroatoms. The number of hydrogen-bond donors (Lipinski definition) is 3. The second-order valence-electron chi connectivity index (χ2n) is 8.47. The van der Waals surface area contributed by atoms with Gasteiger partial charge in [-0.05, 0) is 42.5 Å². The Morgan fingerprint density at radius 2 is 2.09 bits per heavy atom. The highest BCUT2D eigenvalue weighted by atomic mass is 35.5. The second kappa shape index (κ2) is 9.72. The van der Waals surface area contributed by atoms with E-state index in [1.807, 2.05) is 0 Å². The fraction of sp³-hybridized carbons (Fsp3) is 0.500. The standard InChI is InChI=1S/C22H25ClF3N5O2/c23-16-9-13(1-2-17(16)24)19(12-32)30-21(33)31-8-5-14-10-27-20(29-18(14)11-31)28-15-3-6-22(25,26)7-4-15/h1-2,9-10,15,19,32H,3-8,11-12H2,(H,30,33)(H,27,28,29). The smallest absolute Gasteiger partial charge is 0.318 e. The van der Waals surface area contributed by atoms with Crippen LogP contribution in [0.4, 0.5) is 23.9 Å². The third-order valence-electron chi connectivity index (χ3n) is 6.11. The molecule has 0 radical (unpaired) electrons. The fourth-order valence-electron chi connectivity index (χ4n) is 4.12. The van der Waals surface area contributed by atoms with Crippen molar-refractivity contribution in [2.24, 2.45) is 0 Å². The highest BCUT2D eigenvalue weighted by Gasteiger charge is 2.35. The summed E-state index contributed by atoms with van der Waals surface area (Å²) in [6, 6.07) is 2.75. The van der Waals surface area contributed by atoms with Crippen molar-refractivity contribution in [3.63, 3.8) is 0 Å². The van der Waals surface area contributed by atoms with Gasteiger partial charge in [0.2, 0.25) is 11.9 Å². The Hall–Kier alpha value is -2.59. The third kappa shape index (κ3) is 5.67. The van der Waals surface area contributed by atoms with E-state index in [0.717, 1.165) is 5.56 Å². The van der Waals surface area contributed by atoms with Gasteiger partial charge in [-0.2, -0.15) is 0 Å². The summed E-state index contributed by atoms with van der Waals surface area (Å²) in [6.45, 7) is 0.299. The fourth-order valence-corrected chi connectivity index (χ4v) is 4.31. The molecule has 1 unspecified atom stereocenters. The number of nitrogens with zero attached hydrogens (tertiary/aromatic N) is 3. The van der Waals surface area contributed by atoms with Crippen LogP contribution in [0.1, 0.15) is 48.5 Å². The van der Waals surface area contributed by atoms with E-state index in [4.69, 9.17) is 11.6 Å². The summed E-state index contributed by atoms with van der Waals surface area (Å²) in [7, 11) is 0. The number of carbonyl (C=O) groups excluding carboxylic acids is 1. The molecule has 2 amide bonds. The maximum atomic E-state index is 13.4. The van der Waals surface area contributed by atoms with Crippen molar-refractivity contribution in [2.45, 2.75) is 56.7 Å². The van der Waals surface area contributed by atoms with Crippen LogP contribution in [0.5, 0.6) is 0 Å². The van der Waals surface area contributed by atoms with Gasteiger partial charge < -0.3 is 20.6 Å². The zero-order chi connectivity index (χ0) is 23.6. The summed E-state index contributed by atoms with van der Waals surface area (Å²) in [6.07, 6.45) is 2.64. The number of anilines is 1. The number of alkyl halides is 2. The summed E-state index contributed by atoms with van der Waals surface area (Å²) < 4.78 is 40.2. The van der Waals surface area contributed by atoms with Gasteiger partial charge in [0.25, 0.3) is 0 Å². The van der Waals surface area contributed by atoms with Crippen LogP contribution in [0.2, 0.25) is 5.02 Å². The van der Waals surface area contributed by atoms with Crippen molar-refractivity contribution >= 4 is 23.6 Å². The number of urea groups is 1. The molecule has 1 aliphatic carbocycles. The number of aromatic nitrogens is 2. The molecule has 7 nitrogen and oxygen atoms in total. The van der Waals surface area contributed by atoms with E-state index in [1.54, 1.807) is 11.1 Å². The van der Waals surface area contributed by atoms with Crippen molar-refractivity contribution < 1.29 is 23.1 Å². The number of nitrogens with one attached hydrogen (secondary N) is 2. The van der Waals surface area contributed by atoms with Crippen molar-refractivity contribution in [1.82, 2.24) is 20.2 Å². The zero-order valence-corrected chi connectivity index (χ0v) is 18.6. The molecule has 1 saturated carbocycles. The van der Waals surface area contributed by atoms with Crippen LogP contribution in [-0.2, 0) is 13.0 Å². The van der Waals surface area contributed by atoms with Crippen LogP contribution in [0.15, 0.2) is 24.4 Å². The lowest BCUT2D eigenvalue weighted by Gasteiger charge is -2.31.